The lowest BCUT2D eigenvalue weighted by molar-refractivity contribution is 0.816. The summed E-state index contributed by atoms with van der Waals surface area (Å²) in [6.45, 7) is 2.19. The van der Waals surface area contributed by atoms with Gasteiger partial charge >= 0.3 is 0 Å². The molecule has 1 aromatic rings. The molecule has 0 spiro atoms. The van der Waals surface area contributed by atoms with Crippen molar-refractivity contribution in [3.63, 3.8) is 0 Å². The van der Waals surface area contributed by atoms with Gasteiger partial charge in [0.2, 0.25) is 0 Å². The zero-order valence-electron chi connectivity index (χ0n) is 7.40. The van der Waals surface area contributed by atoms with Gasteiger partial charge in [-0.15, -0.1) is 0 Å². The molecule has 0 aliphatic rings. The normalized spacial score (nSPS) is 10.8. The Kier molecular flexibility index (Phi) is 4.06. The van der Waals surface area contributed by atoms with Crippen molar-refractivity contribution in [3.8, 4) is 0 Å². The summed E-state index contributed by atoms with van der Waals surface area (Å²) in [5, 5.41) is 0. The first-order chi connectivity index (χ1) is 5.93. The molecule has 0 aliphatic heterocycles. The van der Waals surface area contributed by atoms with Gasteiger partial charge in [0.15, 0.2) is 5.82 Å². The van der Waals surface area contributed by atoms with Gasteiger partial charge in [-0.05, 0) is 18.6 Å². The topological polar surface area (TPSA) is 25.8 Å². The Hall–Kier alpha value is -1.18. The maximum Gasteiger partial charge on any atom is 0.151 e. The van der Waals surface area contributed by atoms with E-state index >= 15 is 0 Å². The number of aromatic nitrogens is 2. The lowest BCUT2D eigenvalue weighted by Crippen LogP contribution is -1.82. The SMILES string of the molecule is CCCCC=Cc1ncccn1. The zero-order chi connectivity index (χ0) is 8.65. The van der Waals surface area contributed by atoms with Crippen LogP contribution in [0.15, 0.2) is 24.5 Å². The molecule has 0 fully saturated rings. The molecule has 12 heavy (non-hydrogen) atoms. The molecule has 0 amide bonds. The van der Waals surface area contributed by atoms with Crippen molar-refractivity contribution in [1.29, 1.82) is 0 Å². The van der Waals surface area contributed by atoms with Crippen molar-refractivity contribution in [1.82, 2.24) is 9.97 Å². The highest BCUT2D eigenvalue weighted by Crippen LogP contribution is 1.98. The second-order valence-corrected chi connectivity index (χ2v) is 2.65. The summed E-state index contributed by atoms with van der Waals surface area (Å²) in [5.74, 6) is 0.800. The van der Waals surface area contributed by atoms with Crippen molar-refractivity contribution < 1.29 is 0 Å². The molecule has 64 valence electrons. The Labute approximate surface area is 73.4 Å². The van der Waals surface area contributed by atoms with Crippen LogP contribution in [-0.4, -0.2) is 9.97 Å². The molecule has 0 N–H and O–H groups in total. The minimum Gasteiger partial charge on any atom is -0.237 e. The predicted molar refractivity (Wildman–Crippen MR) is 50.6 cm³/mol. The zero-order valence-corrected chi connectivity index (χ0v) is 7.40. The van der Waals surface area contributed by atoms with Gasteiger partial charge in [0.1, 0.15) is 0 Å². The van der Waals surface area contributed by atoms with Crippen molar-refractivity contribution >= 4 is 6.08 Å². The van der Waals surface area contributed by atoms with Gasteiger partial charge in [-0.3, -0.25) is 0 Å². The summed E-state index contributed by atoms with van der Waals surface area (Å²) in [6.07, 6.45) is 11.2. The molecular weight excluding hydrogens is 148 g/mol. The molecule has 0 unspecified atom stereocenters. The first-order valence-electron chi connectivity index (χ1n) is 4.37. The fraction of sp³-hybridized carbons (Fsp3) is 0.400. The molecule has 2 heteroatoms. The van der Waals surface area contributed by atoms with Gasteiger partial charge in [0, 0.05) is 12.4 Å². The standard InChI is InChI=1S/C10H14N2/c1-2-3-4-5-7-10-11-8-6-9-12-10/h5-9H,2-4H2,1H3. The Bertz CT molecular complexity index is 229. The number of nitrogens with zero attached hydrogens (tertiary/aromatic N) is 2. The van der Waals surface area contributed by atoms with E-state index in [9.17, 15) is 0 Å². The van der Waals surface area contributed by atoms with E-state index in [0.29, 0.717) is 0 Å². The Morgan fingerprint density at radius 2 is 2.08 bits per heavy atom. The van der Waals surface area contributed by atoms with E-state index in [1.165, 1.54) is 12.8 Å². The smallest absolute Gasteiger partial charge is 0.151 e. The van der Waals surface area contributed by atoms with Crippen LogP contribution in [0.5, 0.6) is 0 Å². The maximum absolute atomic E-state index is 4.08. The van der Waals surface area contributed by atoms with Crippen LogP contribution in [0.3, 0.4) is 0 Å². The van der Waals surface area contributed by atoms with E-state index in [-0.39, 0.29) is 0 Å². The fourth-order valence-electron chi connectivity index (χ4n) is 0.907. The third-order valence-corrected chi connectivity index (χ3v) is 1.58. The number of allylic oxidation sites excluding steroid dienone is 1. The van der Waals surface area contributed by atoms with E-state index in [1.807, 2.05) is 12.1 Å². The highest BCUT2D eigenvalue weighted by atomic mass is 14.8. The van der Waals surface area contributed by atoms with Gasteiger partial charge in [0.05, 0.1) is 0 Å². The third-order valence-electron chi connectivity index (χ3n) is 1.58. The van der Waals surface area contributed by atoms with Crippen molar-refractivity contribution in [3.05, 3.63) is 30.4 Å². The first kappa shape index (κ1) is 8.91. The third kappa shape index (κ3) is 3.28. The van der Waals surface area contributed by atoms with Crippen LogP contribution < -0.4 is 0 Å². The number of unbranched alkanes of at least 4 members (excludes halogenated alkanes) is 2. The van der Waals surface area contributed by atoms with Crippen LogP contribution in [0.1, 0.15) is 32.0 Å². The van der Waals surface area contributed by atoms with Crippen LogP contribution >= 0.6 is 0 Å². The summed E-state index contributed by atoms with van der Waals surface area (Å²) in [4.78, 5) is 8.16. The quantitative estimate of drug-likeness (QED) is 0.636. The minimum atomic E-state index is 0.800. The monoisotopic (exact) mass is 162 g/mol. The second-order valence-electron chi connectivity index (χ2n) is 2.65. The molecule has 0 aliphatic carbocycles. The average molecular weight is 162 g/mol. The van der Waals surface area contributed by atoms with E-state index in [1.54, 1.807) is 12.4 Å². The van der Waals surface area contributed by atoms with Crippen molar-refractivity contribution in [2.24, 2.45) is 0 Å². The fourth-order valence-corrected chi connectivity index (χ4v) is 0.907. The van der Waals surface area contributed by atoms with E-state index in [4.69, 9.17) is 0 Å². The van der Waals surface area contributed by atoms with Gasteiger partial charge in [0.25, 0.3) is 0 Å². The Balaban J connectivity index is 2.36. The van der Waals surface area contributed by atoms with Crippen LogP contribution in [0.25, 0.3) is 6.08 Å². The number of hydrogen-bond donors (Lipinski definition) is 0. The van der Waals surface area contributed by atoms with E-state index < -0.39 is 0 Å². The van der Waals surface area contributed by atoms with Gasteiger partial charge in [-0.2, -0.15) is 0 Å². The molecule has 1 heterocycles. The van der Waals surface area contributed by atoms with Gasteiger partial charge in [-0.1, -0.05) is 25.8 Å². The van der Waals surface area contributed by atoms with E-state index in [0.717, 1.165) is 12.2 Å². The highest BCUT2D eigenvalue weighted by molar-refractivity contribution is 5.38. The van der Waals surface area contributed by atoms with Crippen LogP contribution in [0.4, 0.5) is 0 Å². The average Bonchev–Trinajstić information content (AvgIpc) is 2.14. The molecule has 0 atom stereocenters. The summed E-state index contributed by atoms with van der Waals surface area (Å²) in [5.41, 5.74) is 0. The number of rotatable bonds is 4. The first-order valence-corrected chi connectivity index (χ1v) is 4.37. The molecule has 2 nitrogen and oxygen atoms in total. The molecule has 0 saturated heterocycles. The summed E-state index contributed by atoms with van der Waals surface area (Å²) in [7, 11) is 0. The molecule has 1 rings (SSSR count). The molecule has 1 aromatic heterocycles. The van der Waals surface area contributed by atoms with Gasteiger partial charge in [-0.25, -0.2) is 9.97 Å². The molecule has 0 saturated carbocycles. The Morgan fingerprint density at radius 1 is 1.33 bits per heavy atom. The van der Waals surface area contributed by atoms with Crippen LogP contribution in [-0.2, 0) is 0 Å². The summed E-state index contributed by atoms with van der Waals surface area (Å²) >= 11 is 0. The maximum atomic E-state index is 4.08. The summed E-state index contributed by atoms with van der Waals surface area (Å²) in [6, 6.07) is 1.82. The molecule has 0 bridgehead atoms. The second kappa shape index (κ2) is 5.47. The van der Waals surface area contributed by atoms with Crippen molar-refractivity contribution in [2.45, 2.75) is 26.2 Å². The molecular formula is C10H14N2. The van der Waals surface area contributed by atoms with Crippen LogP contribution in [0, 0.1) is 0 Å². The van der Waals surface area contributed by atoms with E-state index in [2.05, 4.69) is 23.0 Å². The molecule has 0 aromatic carbocycles. The van der Waals surface area contributed by atoms with Crippen molar-refractivity contribution in [2.75, 3.05) is 0 Å². The lowest BCUT2D eigenvalue weighted by Gasteiger charge is -1.89. The Morgan fingerprint density at radius 3 is 2.75 bits per heavy atom. The number of hydrogen-bond acceptors (Lipinski definition) is 2. The predicted octanol–water partition coefficient (Wildman–Crippen LogP) is 2.68. The summed E-state index contributed by atoms with van der Waals surface area (Å²) < 4.78 is 0. The lowest BCUT2D eigenvalue weighted by atomic mass is 10.2. The van der Waals surface area contributed by atoms with Crippen LogP contribution in [0.2, 0.25) is 0 Å². The minimum absolute atomic E-state index is 0.800. The largest absolute Gasteiger partial charge is 0.237 e. The van der Waals surface area contributed by atoms with Gasteiger partial charge < -0.3 is 0 Å². The highest BCUT2D eigenvalue weighted by Gasteiger charge is 1.84. The molecule has 0 radical (unpaired) electrons.